The number of unbranched alkanes of at least 4 members (excludes halogenated alkanes) is 3. The fourth-order valence-corrected chi connectivity index (χ4v) is 3.52. The van der Waals surface area contributed by atoms with Crippen molar-refractivity contribution in [3.05, 3.63) is 41.7 Å². The summed E-state index contributed by atoms with van der Waals surface area (Å²) in [5.41, 5.74) is 0. The molecule has 0 fully saturated rings. The lowest BCUT2D eigenvalue weighted by atomic mass is 10.2. The number of allylic oxidation sites excluding steroid dienone is 2. The average Bonchev–Trinajstić information content (AvgIpc) is 2.44. The minimum Gasteiger partial charge on any atom is -0.440 e. The van der Waals surface area contributed by atoms with Gasteiger partial charge in [-0.05, 0) is 31.9 Å². The molecule has 1 rings (SSSR count). The molecule has 1 atom stereocenters. The van der Waals surface area contributed by atoms with E-state index in [1.54, 1.807) is 0 Å². The average molecular weight is 280 g/mol. The van der Waals surface area contributed by atoms with Crippen LogP contribution in [0.4, 0.5) is 0 Å². The van der Waals surface area contributed by atoms with E-state index in [9.17, 15) is 4.57 Å². The zero-order chi connectivity index (χ0) is 14.1. The Morgan fingerprint density at radius 1 is 1.21 bits per heavy atom. The third kappa shape index (κ3) is 5.24. The normalized spacial score (nSPS) is 15.0. The number of para-hydroxylation sites is 1. The first kappa shape index (κ1) is 16.0. The lowest BCUT2D eigenvalue weighted by Gasteiger charge is -2.19. The van der Waals surface area contributed by atoms with E-state index in [-0.39, 0.29) is 0 Å². The summed E-state index contributed by atoms with van der Waals surface area (Å²) >= 11 is 0. The molecule has 0 aliphatic heterocycles. The molecule has 3 heteroatoms. The minimum absolute atomic E-state index is 0.540. The van der Waals surface area contributed by atoms with Crippen LogP contribution < -0.4 is 4.52 Å². The van der Waals surface area contributed by atoms with Crippen LogP contribution in [0.2, 0.25) is 0 Å². The highest BCUT2D eigenvalue weighted by Crippen LogP contribution is 2.54. The summed E-state index contributed by atoms with van der Waals surface area (Å²) in [6, 6.07) is 9.43. The Labute approximate surface area is 117 Å². The second kappa shape index (κ2) is 8.22. The summed E-state index contributed by atoms with van der Waals surface area (Å²) in [5, 5.41) is 0.898. The number of rotatable bonds is 8. The number of hydrogen-bond donors (Lipinski definition) is 0. The van der Waals surface area contributed by atoms with E-state index in [1.165, 1.54) is 12.8 Å². The lowest BCUT2D eigenvalue weighted by Crippen LogP contribution is -1.97. The van der Waals surface area contributed by atoms with E-state index in [0.717, 1.165) is 18.2 Å². The van der Waals surface area contributed by atoms with Crippen LogP contribution >= 0.6 is 7.37 Å². The molecule has 0 bridgehead atoms. The van der Waals surface area contributed by atoms with Crippen LogP contribution in [0.1, 0.15) is 46.5 Å². The second-order valence-corrected chi connectivity index (χ2v) is 7.60. The standard InChI is InChI=1S/C16H25O2P/c1-4-6-7-9-12-15(3)19(17,5-2)18-16-13-10-8-11-14-16/h8,10-14H,4-7,9H2,1-3H3. The van der Waals surface area contributed by atoms with E-state index in [1.807, 2.05) is 44.2 Å². The predicted molar refractivity (Wildman–Crippen MR) is 83.1 cm³/mol. The Balaban J connectivity index is 2.71. The van der Waals surface area contributed by atoms with Gasteiger partial charge in [-0.1, -0.05) is 51.0 Å². The molecule has 1 aromatic rings. The molecular formula is C16H25O2P. The van der Waals surface area contributed by atoms with Crippen molar-refractivity contribution in [1.29, 1.82) is 0 Å². The first-order valence-electron chi connectivity index (χ1n) is 7.13. The Hall–Kier alpha value is -1.01. The van der Waals surface area contributed by atoms with E-state index in [0.29, 0.717) is 11.9 Å². The summed E-state index contributed by atoms with van der Waals surface area (Å²) in [7, 11) is -2.70. The summed E-state index contributed by atoms with van der Waals surface area (Å²) < 4.78 is 18.6. The molecule has 1 aromatic carbocycles. The molecule has 106 valence electrons. The fraction of sp³-hybridized carbons (Fsp3) is 0.500. The molecular weight excluding hydrogens is 255 g/mol. The van der Waals surface area contributed by atoms with Gasteiger partial charge in [0.2, 0.25) is 0 Å². The fourth-order valence-electron chi connectivity index (χ4n) is 1.88. The van der Waals surface area contributed by atoms with Gasteiger partial charge >= 0.3 is 0 Å². The summed E-state index contributed by atoms with van der Waals surface area (Å²) in [4.78, 5) is 0. The summed E-state index contributed by atoms with van der Waals surface area (Å²) in [6.45, 7) is 6.04. The monoisotopic (exact) mass is 280 g/mol. The molecule has 2 nitrogen and oxygen atoms in total. The summed E-state index contributed by atoms with van der Waals surface area (Å²) in [6.07, 6.45) is 7.20. The highest BCUT2D eigenvalue weighted by molar-refractivity contribution is 7.63. The molecule has 0 N–H and O–H groups in total. The molecule has 0 saturated heterocycles. The first-order chi connectivity index (χ1) is 9.12. The molecule has 19 heavy (non-hydrogen) atoms. The third-order valence-corrected chi connectivity index (χ3v) is 5.79. The van der Waals surface area contributed by atoms with Crippen molar-refractivity contribution in [3.63, 3.8) is 0 Å². The zero-order valence-electron chi connectivity index (χ0n) is 12.3. The van der Waals surface area contributed by atoms with Crippen LogP contribution in [-0.2, 0) is 4.57 Å². The first-order valence-corrected chi connectivity index (χ1v) is 8.94. The van der Waals surface area contributed by atoms with Gasteiger partial charge in [0, 0.05) is 11.5 Å². The van der Waals surface area contributed by atoms with Gasteiger partial charge in [-0.15, -0.1) is 0 Å². The van der Waals surface area contributed by atoms with Gasteiger partial charge in [0.25, 0.3) is 7.37 Å². The molecule has 0 aliphatic rings. The Bertz CT molecular complexity index is 437. The number of hydrogen-bond acceptors (Lipinski definition) is 2. The van der Waals surface area contributed by atoms with Gasteiger partial charge in [0.15, 0.2) is 0 Å². The van der Waals surface area contributed by atoms with Crippen LogP contribution in [0, 0.1) is 0 Å². The van der Waals surface area contributed by atoms with Crippen molar-refractivity contribution >= 4 is 7.37 Å². The van der Waals surface area contributed by atoms with Crippen molar-refractivity contribution < 1.29 is 9.09 Å². The molecule has 0 heterocycles. The van der Waals surface area contributed by atoms with Crippen LogP contribution in [0.5, 0.6) is 5.75 Å². The van der Waals surface area contributed by atoms with Gasteiger partial charge in [-0.2, -0.15) is 0 Å². The van der Waals surface area contributed by atoms with E-state index in [4.69, 9.17) is 4.52 Å². The molecule has 0 radical (unpaired) electrons. The SMILES string of the molecule is CCCCCC=C(C)P(=O)(CC)Oc1ccccc1. The van der Waals surface area contributed by atoms with E-state index < -0.39 is 7.37 Å². The predicted octanol–water partition coefficient (Wildman–Crippen LogP) is 5.85. The number of benzene rings is 1. The van der Waals surface area contributed by atoms with Crippen LogP contribution in [-0.4, -0.2) is 6.16 Å². The Morgan fingerprint density at radius 3 is 2.47 bits per heavy atom. The van der Waals surface area contributed by atoms with Crippen molar-refractivity contribution in [2.24, 2.45) is 0 Å². The van der Waals surface area contributed by atoms with Gasteiger partial charge in [-0.3, -0.25) is 4.57 Å². The molecule has 1 unspecified atom stereocenters. The molecule has 0 spiro atoms. The molecule has 0 aliphatic carbocycles. The van der Waals surface area contributed by atoms with E-state index >= 15 is 0 Å². The van der Waals surface area contributed by atoms with Crippen molar-refractivity contribution in [2.75, 3.05) is 6.16 Å². The quantitative estimate of drug-likeness (QED) is 0.441. The highest BCUT2D eigenvalue weighted by Gasteiger charge is 2.24. The van der Waals surface area contributed by atoms with Crippen molar-refractivity contribution in [1.82, 2.24) is 0 Å². The third-order valence-electron chi connectivity index (χ3n) is 3.20. The van der Waals surface area contributed by atoms with Gasteiger partial charge < -0.3 is 4.52 Å². The minimum atomic E-state index is -2.70. The van der Waals surface area contributed by atoms with E-state index in [2.05, 4.69) is 13.0 Å². The smallest absolute Gasteiger partial charge is 0.272 e. The van der Waals surface area contributed by atoms with Gasteiger partial charge in [0.1, 0.15) is 5.75 Å². The maximum Gasteiger partial charge on any atom is 0.272 e. The van der Waals surface area contributed by atoms with Crippen LogP contribution in [0.25, 0.3) is 0 Å². The maximum atomic E-state index is 12.8. The zero-order valence-corrected chi connectivity index (χ0v) is 13.2. The molecule has 0 saturated carbocycles. The van der Waals surface area contributed by atoms with Crippen LogP contribution in [0.3, 0.4) is 0 Å². The van der Waals surface area contributed by atoms with Crippen molar-refractivity contribution in [3.8, 4) is 5.75 Å². The molecule has 0 aromatic heterocycles. The highest BCUT2D eigenvalue weighted by atomic mass is 31.2. The molecule has 0 amide bonds. The van der Waals surface area contributed by atoms with Gasteiger partial charge in [-0.25, -0.2) is 0 Å². The second-order valence-electron chi connectivity index (χ2n) is 4.74. The maximum absolute atomic E-state index is 12.8. The Kier molecular flexibility index (Phi) is 6.94. The lowest BCUT2D eigenvalue weighted by molar-refractivity contribution is 0.489. The van der Waals surface area contributed by atoms with Gasteiger partial charge in [0.05, 0.1) is 0 Å². The summed E-state index contributed by atoms with van der Waals surface area (Å²) in [5.74, 6) is 0.689. The topological polar surface area (TPSA) is 26.3 Å². The van der Waals surface area contributed by atoms with Crippen LogP contribution in [0.15, 0.2) is 41.7 Å². The largest absolute Gasteiger partial charge is 0.440 e. The van der Waals surface area contributed by atoms with Crippen molar-refractivity contribution in [2.45, 2.75) is 46.5 Å². The Morgan fingerprint density at radius 2 is 1.89 bits per heavy atom.